The topological polar surface area (TPSA) is 59.6 Å². The van der Waals surface area contributed by atoms with E-state index in [2.05, 4.69) is 17.6 Å². The summed E-state index contributed by atoms with van der Waals surface area (Å²) in [6.45, 7) is 6.28. The van der Waals surface area contributed by atoms with E-state index in [-0.39, 0.29) is 11.9 Å². The van der Waals surface area contributed by atoms with Gasteiger partial charge in [0.25, 0.3) is 0 Å². The van der Waals surface area contributed by atoms with Crippen molar-refractivity contribution in [1.29, 1.82) is 0 Å². The number of hydrogen-bond acceptors (Lipinski definition) is 4. The highest BCUT2D eigenvalue weighted by Crippen LogP contribution is 1.98. The van der Waals surface area contributed by atoms with Crippen LogP contribution in [0.1, 0.15) is 27.2 Å². The Hall–Kier alpha value is -0.650. The molecular formula is C11H24N2O3. The molecule has 0 aromatic rings. The van der Waals surface area contributed by atoms with Gasteiger partial charge in [0.2, 0.25) is 5.91 Å². The van der Waals surface area contributed by atoms with Crippen LogP contribution in [0.5, 0.6) is 0 Å². The van der Waals surface area contributed by atoms with Crippen LogP contribution in [0.15, 0.2) is 0 Å². The third kappa shape index (κ3) is 6.05. The van der Waals surface area contributed by atoms with Crippen molar-refractivity contribution < 1.29 is 14.3 Å². The van der Waals surface area contributed by atoms with Crippen LogP contribution in [-0.2, 0) is 14.3 Å². The first-order valence-electron chi connectivity index (χ1n) is 5.63. The van der Waals surface area contributed by atoms with E-state index in [0.717, 1.165) is 6.42 Å². The van der Waals surface area contributed by atoms with Gasteiger partial charge < -0.3 is 20.1 Å². The van der Waals surface area contributed by atoms with Crippen LogP contribution in [0, 0.1) is 0 Å². The lowest BCUT2D eigenvalue weighted by Gasteiger charge is -2.22. The van der Waals surface area contributed by atoms with Crippen LogP contribution in [0.3, 0.4) is 0 Å². The second-order valence-electron chi connectivity index (χ2n) is 3.89. The largest absolute Gasteiger partial charge is 0.354 e. The van der Waals surface area contributed by atoms with E-state index in [0.29, 0.717) is 12.6 Å². The average molecular weight is 232 g/mol. The van der Waals surface area contributed by atoms with Gasteiger partial charge in [0.05, 0.1) is 12.6 Å². The third-order valence-electron chi connectivity index (χ3n) is 2.48. The number of nitrogens with one attached hydrogen (secondary N) is 2. The summed E-state index contributed by atoms with van der Waals surface area (Å²) in [7, 11) is 3.10. The Morgan fingerprint density at radius 3 is 2.25 bits per heavy atom. The van der Waals surface area contributed by atoms with Gasteiger partial charge in [-0.2, -0.15) is 0 Å². The van der Waals surface area contributed by atoms with E-state index in [1.54, 1.807) is 14.2 Å². The molecule has 5 nitrogen and oxygen atoms in total. The molecule has 2 atom stereocenters. The van der Waals surface area contributed by atoms with Crippen LogP contribution >= 0.6 is 0 Å². The predicted octanol–water partition coefficient (Wildman–Crippen LogP) is 0.498. The van der Waals surface area contributed by atoms with E-state index < -0.39 is 6.29 Å². The van der Waals surface area contributed by atoms with E-state index in [9.17, 15) is 4.79 Å². The molecule has 0 radical (unpaired) electrons. The van der Waals surface area contributed by atoms with Crippen molar-refractivity contribution >= 4 is 5.91 Å². The fourth-order valence-corrected chi connectivity index (χ4v) is 1.29. The van der Waals surface area contributed by atoms with Crippen molar-refractivity contribution in [1.82, 2.24) is 10.6 Å². The summed E-state index contributed by atoms with van der Waals surface area (Å²) in [5.74, 6) is -0.0492. The number of ether oxygens (including phenoxy) is 2. The van der Waals surface area contributed by atoms with Crippen molar-refractivity contribution in [3.05, 3.63) is 0 Å². The average Bonchev–Trinajstić information content (AvgIpc) is 2.27. The minimum Gasteiger partial charge on any atom is -0.354 e. The van der Waals surface area contributed by atoms with Crippen LogP contribution in [0.25, 0.3) is 0 Å². The Bertz CT molecular complexity index is 196. The number of methoxy groups -OCH3 is 2. The zero-order valence-electron chi connectivity index (χ0n) is 10.9. The monoisotopic (exact) mass is 232 g/mol. The SMILES string of the molecule is CCC(C)NCC(=O)NC(C)C(OC)OC. The first kappa shape index (κ1) is 15.3. The maximum absolute atomic E-state index is 11.5. The molecule has 16 heavy (non-hydrogen) atoms. The molecular weight excluding hydrogens is 208 g/mol. The van der Waals surface area contributed by atoms with Gasteiger partial charge in [0.1, 0.15) is 0 Å². The Labute approximate surface area is 97.9 Å². The highest BCUT2D eigenvalue weighted by atomic mass is 16.7. The summed E-state index contributed by atoms with van der Waals surface area (Å²) >= 11 is 0. The molecule has 0 aliphatic carbocycles. The van der Waals surface area contributed by atoms with Crippen LogP contribution < -0.4 is 10.6 Å². The summed E-state index contributed by atoms with van der Waals surface area (Å²) in [6.07, 6.45) is 0.592. The molecule has 0 saturated heterocycles. The van der Waals surface area contributed by atoms with E-state index >= 15 is 0 Å². The molecule has 96 valence electrons. The minimum absolute atomic E-state index is 0.0492. The molecule has 0 aliphatic rings. The quantitative estimate of drug-likeness (QED) is 0.598. The van der Waals surface area contributed by atoms with Gasteiger partial charge in [0, 0.05) is 20.3 Å². The summed E-state index contributed by atoms with van der Waals surface area (Å²) in [5.41, 5.74) is 0. The lowest BCUT2D eigenvalue weighted by atomic mass is 10.2. The van der Waals surface area contributed by atoms with E-state index in [1.807, 2.05) is 13.8 Å². The van der Waals surface area contributed by atoms with Gasteiger partial charge in [-0.15, -0.1) is 0 Å². The Balaban J connectivity index is 3.86. The highest BCUT2D eigenvalue weighted by molar-refractivity contribution is 5.78. The summed E-state index contributed by atoms with van der Waals surface area (Å²) in [5, 5.41) is 5.93. The molecule has 0 spiro atoms. The second-order valence-corrected chi connectivity index (χ2v) is 3.89. The fraction of sp³-hybridized carbons (Fsp3) is 0.909. The number of amides is 1. The summed E-state index contributed by atoms with van der Waals surface area (Å²) < 4.78 is 10.1. The Morgan fingerprint density at radius 2 is 1.81 bits per heavy atom. The highest BCUT2D eigenvalue weighted by Gasteiger charge is 2.17. The molecule has 0 fully saturated rings. The maximum Gasteiger partial charge on any atom is 0.234 e. The maximum atomic E-state index is 11.5. The smallest absolute Gasteiger partial charge is 0.234 e. The number of hydrogen-bond donors (Lipinski definition) is 2. The third-order valence-corrected chi connectivity index (χ3v) is 2.48. The first-order valence-corrected chi connectivity index (χ1v) is 5.63. The zero-order chi connectivity index (χ0) is 12.6. The number of carbonyl (C=O) groups is 1. The van der Waals surface area contributed by atoms with Gasteiger partial charge in [-0.25, -0.2) is 0 Å². The van der Waals surface area contributed by atoms with Crippen molar-refractivity contribution in [2.24, 2.45) is 0 Å². The molecule has 0 aromatic heterocycles. The lowest BCUT2D eigenvalue weighted by Crippen LogP contribution is -2.47. The van der Waals surface area contributed by atoms with Crippen LogP contribution in [0.2, 0.25) is 0 Å². The molecule has 0 rings (SSSR count). The van der Waals surface area contributed by atoms with Crippen molar-refractivity contribution in [2.75, 3.05) is 20.8 Å². The molecule has 0 bridgehead atoms. The van der Waals surface area contributed by atoms with E-state index in [4.69, 9.17) is 9.47 Å². The fourth-order valence-electron chi connectivity index (χ4n) is 1.29. The van der Waals surface area contributed by atoms with Gasteiger partial charge in [-0.3, -0.25) is 4.79 Å². The number of carbonyl (C=O) groups excluding carboxylic acids is 1. The van der Waals surface area contributed by atoms with Gasteiger partial charge in [-0.05, 0) is 20.3 Å². The van der Waals surface area contributed by atoms with Gasteiger partial charge in [0.15, 0.2) is 6.29 Å². The van der Waals surface area contributed by atoms with Crippen molar-refractivity contribution in [3.63, 3.8) is 0 Å². The molecule has 5 heteroatoms. The van der Waals surface area contributed by atoms with Crippen LogP contribution in [-0.4, -0.2) is 45.0 Å². The van der Waals surface area contributed by atoms with Gasteiger partial charge in [-0.1, -0.05) is 6.92 Å². The molecule has 0 aromatic carbocycles. The Kier molecular flexibility index (Phi) is 8.15. The molecule has 2 N–H and O–H groups in total. The van der Waals surface area contributed by atoms with Gasteiger partial charge >= 0.3 is 0 Å². The van der Waals surface area contributed by atoms with E-state index in [1.165, 1.54) is 0 Å². The molecule has 1 amide bonds. The van der Waals surface area contributed by atoms with Crippen LogP contribution in [0.4, 0.5) is 0 Å². The normalized spacial score (nSPS) is 14.9. The zero-order valence-corrected chi connectivity index (χ0v) is 10.9. The second kappa shape index (κ2) is 8.50. The standard InChI is InChI=1S/C11H24N2O3/c1-6-8(2)12-7-10(14)13-9(3)11(15-4)16-5/h8-9,11-12H,6-7H2,1-5H3,(H,13,14). The molecule has 0 aliphatic heterocycles. The van der Waals surface area contributed by atoms with Crippen molar-refractivity contribution in [2.45, 2.75) is 45.6 Å². The van der Waals surface area contributed by atoms with Crippen molar-refractivity contribution in [3.8, 4) is 0 Å². The number of rotatable bonds is 8. The lowest BCUT2D eigenvalue weighted by molar-refractivity contribution is -0.135. The molecule has 0 heterocycles. The summed E-state index contributed by atoms with van der Waals surface area (Å²) in [4.78, 5) is 11.5. The molecule has 2 unspecified atom stereocenters. The molecule has 0 saturated carbocycles. The predicted molar refractivity (Wildman–Crippen MR) is 63.2 cm³/mol. The summed E-state index contributed by atoms with van der Waals surface area (Å²) in [6, 6.07) is 0.183. The first-order chi connectivity index (χ1) is 7.54. The minimum atomic E-state index is -0.410. The Morgan fingerprint density at radius 1 is 1.25 bits per heavy atom.